The highest BCUT2D eigenvalue weighted by molar-refractivity contribution is 7.12. The molecular formula is C21H19FN2O3S. The van der Waals surface area contributed by atoms with Crippen molar-refractivity contribution in [1.29, 1.82) is 0 Å². The number of rotatable bonds is 7. The van der Waals surface area contributed by atoms with Crippen LogP contribution in [-0.4, -0.2) is 17.9 Å². The molecule has 0 bridgehead atoms. The second-order valence-corrected chi connectivity index (χ2v) is 7.02. The normalized spacial score (nSPS) is 11.5. The van der Waals surface area contributed by atoms with Gasteiger partial charge < -0.3 is 15.4 Å². The molecule has 0 saturated heterocycles. The molecule has 0 spiro atoms. The zero-order valence-corrected chi connectivity index (χ0v) is 16.0. The first-order valence-electron chi connectivity index (χ1n) is 8.66. The lowest BCUT2D eigenvalue weighted by Crippen LogP contribution is -2.44. The van der Waals surface area contributed by atoms with Crippen LogP contribution in [-0.2, 0) is 11.3 Å². The number of halogens is 1. The summed E-state index contributed by atoms with van der Waals surface area (Å²) in [5.74, 6) is -0.427. The molecule has 1 unspecified atom stereocenters. The van der Waals surface area contributed by atoms with Gasteiger partial charge in [-0.3, -0.25) is 9.59 Å². The number of ether oxygens (including phenoxy) is 1. The summed E-state index contributed by atoms with van der Waals surface area (Å²) in [6.07, 6.45) is 0. The highest BCUT2D eigenvalue weighted by Gasteiger charge is 2.17. The molecule has 0 fully saturated rings. The van der Waals surface area contributed by atoms with Crippen molar-refractivity contribution in [1.82, 2.24) is 10.6 Å². The van der Waals surface area contributed by atoms with Crippen molar-refractivity contribution in [2.45, 2.75) is 19.5 Å². The van der Waals surface area contributed by atoms with Crippen LogP contribution in [0.2, 0.25) is 0 Å². The monoisotopic (exact) mass is 398 g/mol. The fourth-order valence-corrected chi connectivity index (χ4v) is 3.08. The molecule has 144 valence electrons. The Balaban J connectivity index is 1.54. The van der Waals surface area contributed by atoms with E-state index < -0.39 is 11.9 Å². The fourth-order valence-electron chi connectivity index (χ4n) is 2.46. The number of hydrogen-bond acceptors (Lipinski definition) is 4. The Kier molecular flexibility index (Phi) is 6.39. The van der Waals surface area contributed by atoms with Gasteiger partial charge in [0.25, 0.3) is 5.91 Å². The lowest BCUT2D eigenvalue weighted by Gasteiger charge is -2.14. The van der Waals surface area contributed by atoms with Gasteiger partial charge in [-0.15, -0.1) is 11.3 Å². The van der Waals surface area contributed by atoms with Crippen LogP contribution in [0, 0.1) is 5.82 Å². The summed E-state index contributed by atoms with van der Waals surface area (Å²) >= 11 is 1.31. The number of nitrogens with one attached hydrogen (secondary N) is 2. The summed E-state index contributed by atoms with van der Waals surface area (Å²) in [7, 11) is 0. The molecule has 1 heterocycles. The smallest absolute Gasteiger partial charge is 0.261 e. The van der Waals surface area contributed by atoms with Crippen LogP contribution in [0.15, 0.2) is 66.0 Å². The van der Waals surface area contributed by atoms with Gasteiger partial charge in [0.15, 0.2) is 11.6 Å². The average molecular weight is 398 g/mol. The van der Waals surface area contributed by atoms with E-state index in [0.717, 1.165) is 5.56 Å². The topological polar surface area (TPSA) is 67.4 Å². The first-order valence-corrected chi connectivity index (χ1v) is 9.54. The van der Waals surface area contributed by atoms with E-state index in [2.05, 4.69) is 10.6 Å². The SMILES string of the molecule is CC(NC(=O)c1cccs1)C(=O)NCc1cccc(Oc2ccccc2F)c1. The number of amides is 2. The van der Waals surface area contributed by atoms with E-state index >= 15 is 0 Å². The van der Waals surface area contributed by atoms with E-state index in [9.17, 15) is 14.0 Å². The molecule has 0 saturated carbocycles. The maximum atomic E-state index is 13.7. The molecule has 3 aromatic rings. The van der Waals surface area contributed by atoms with Gasteiger partial charge in [0.1, 0.15) is 11.8 Å². The maximum Gasteiger partial charge on any atom is 0.261 e. The fraction of sp³-hybridized carbons (Fsp3) is 0.143. The van der Waals surface area contributed by atoms with E-state index in [1.807, 2.05) is 6.07 Å². The van der Waals surface area contributed by atoms with Crippen molar-refractivity contribution in [2.24, 2.45) is 0 Å². The van der Waals surface area contributed by atoms with Crippen molar-refractivity contribution in [3.63, 3.8) is 0 Å². The van der Waals surface area contributed by atoms with Gasteiger partial charge in [0, 0.05) is 6.54 Å². The summed E-state index contributed by atoms with van der Waals surface area (Å²) in [5.41, 5.74) is 0.791. The van der Waals surface area contributed by atoms with Gasteiger partial charge in [0.2, 0.25) is 5.91 Å². The van der Waals surface area contributed by atoms with Gasteiger partial charge in [-0.2, -0.15) is 0 Å². The standard InChI is InChI=1S/C21H19FN2O3S/c1-14(24-21(26)19-10-5-11-28-19)20(25)23-13-15-6-4-7-16(12-15)27-18-9-3-2-8-17(18)22/h2-12,14H,13H2,1H3,(H,23,25)(H,24,26). The molecule has 1 aromatic heterocycles. The number of para-hydroxylation sites is 1. The van der Waals surface area contributed by atoms with Crippen LogP contribution in [0.3, 0.4) is 0 Å². The molecule has 2 amide bonds. The summed E-state index contributed by atoms with van der Waals surface area (Å²) < 4.78 is 19.3. The molecule has 0 aliphatic rings. The molecule has 0 aliphatic carbocycles. The van der Waals surface area contributed by atoms with Gasteiger partial charge in [-0.1, -0.05) is 30.3 Å². The summed E-state index contributed by atoms with van der Waals surface area (Å²) in [4.78, 5) is 24.8. The Morgan fingerprint density at radius 2 is 1.93 bits per heavy atom. The minimum absolute atomic E-state index is 0.133. The number of carbonyl (C=O) groups excluding carboxylic acids is 2. The van der Waals surface area contributed by atoms with Gasteiger partial charge in [-0.05, 0) is 48.2 Å². The lowest BCUT2D eigenvalue weighted by molar-refractivity contribution is -0.122. The van der Waals surface area contributed by atoms with Gasteiger partial charge in [-0.25, -0.2) is 4.39 Å². The first-order chi connectivity index (χ1) is 13.5. The van der Waals surface area contributed by atoms with Gasteiger partial charge in [0.05, 0.1) is 4.88 Å². The molecule has 28 heavy (non-hydrogen) atoms. The Hall–Kier alpha value is -3.19. The quantitative estimate of drug-likeness (QED) is 0.629. The highest BCUT2D eigenvalue weighted by Crippen LogP contribution is 2.24. The predicted octanol–water partition coefficient (Wildman–Crippen LogP) is 4.11. The number of hydrogen-bond donors (Lipinski definition) is 2. The molecular weight excluding hydrogens is 379 g/mol. The third-order valence-corrected chi connectivity index (χ3v) is 4.78. The first kappa shape index (κ1) is 19.6. The summed E-state index contributed by atoms with van der Waals surface area (Å²) in [6, 6.07) is 16.0. The second-order valence-electron chi connectivity index (χ2n) is 6.07. The third-order valence-electron chi connectivity index (χ3n) is 3.92. The number of carbonyl (C=O) groups is 2. The van der Waals surface area contributed by atoms with Crippen LogP contribution in [0.25, 0.3) is 0 Å². The Morgan fingerprint density at radius 3 is 2.68 bits per heavy atom. The zero-order valence-electron chi connectivity index (χ0n) is 15.1. The van der Waals surface area contributed by atoms with E-state index in [-0.39, 0.29) is 24.1 Å². The van der Waals surface area contributed by atoms with E-state index in [0.29, 0.717) is 10.6 Å². The number of benzene rings is 2. The predicted molar refractivity (Wildman–Crippen MR) is 106 cm³/mol. The lowest BCUT2D eigenvalue weighted by atomic mass is 10.2. The van der Waals surface area contributed by atoms with E-state index in [1.54, 1.807) is 60.8 Å². The molecule has 0 aliphatic heterocycles. The minimum Gasteiger partial charge on any atom is -0.454 e. The summed E-state index contributed by atoms with van der Waals surface area (Å²) in [5, 5.41) is 7.24. The molecule has 0 radical (unpaired) electrons. The van der Waals surface area contributed by atoms with E-state index in [1.165, 1.54) is 17.4 Å². The molecule has 7 heteroatoms. The number of thiophene rings is 1. The van der Waals surface area contributed by atoms with Crippen LogP contribution < -0.4 is 15.4 Å². The second kappa shape index (κ2) is 9.14. The molecule has 2 aromatic carbocycles. The van der Waals surface area contributed by atoms with Crippen LogP contribution in [0.4, 0.5) is 4.39 Å². The maximum absolute atomic E-state index is 13.7. The van der Waals surface area contributed by atoms with Crippen molar-refractivity contribution >= 4 is 23.2 Å². The van der Waals surface area contributed by atoms with E-state index in [4.69, 9.17) is 4.74 Å². The zero-order chi connectivity index (χ0) is 19.9. The highest BCUT2D eigenvalue weighted by atomic mass is 32.1. The molecule has 5 nitrogen and oxygen atoms in total. The molecule has 2 N–H and O–H groups in total. The Labute approximate surface area is 166 Å². The summed E-state index contributed by atoms with van der Waals surface area (Å²) in [6.45, 7) is 1.88. The molecule has 3 rings (SSSR count). The minimum atomic E-state index is -0.674. The van der Waals surface area contributed by atoms with Gasteiger partial charge >= 0.3 is 0 Å². The van der Waals surface area contributed by atoms with Crippen LogP contribution in [0.1, 0.15) is 22.2 Å². The Bertz CT molecular complexity index is 960. The average Bonchev–Trinajstić information content (AvgIpc) is 3.23. The molecule has 1 atom stereocenters. The largest absolute Gasteiger partial charge is 0.454 e. The van der Waals surface area contributed by atoms with Crippen LogP contribution in [0.5, 0.6) is 11.5 Å². The van der Waals surface area contributed by atoms with Crippen LogP contribution >= 0.6 is 11.3 Å². The van der Waals surface area contributed by atoms with Crippen molar-refractivity contribution in [3.8, 4) is 11.5 Å². The third kappa shape index (κ3) is 5.17. The van der Waals surface area contributed by atoms with Crippen molar-refractivity contribution < 1.29 is 18.7 Å². The Morgan fingerprint density at radius 1 is 1.11 bits per heavy atom. The van der Waals surface area contributed by atoms with Crippen molar-refractivity contribution in [2.75, 3.05) is 0 Å². The van der Waals surface area contributed by atoms with Crippen molar-refractivity contribution in [3.05, 3.63) is 82.3 Å².